The van der Waals surface area contributed by atoms with Crippen LogP contribution in [0.1, 0.15) is 0 Å². The van der Waals surface area contributed by atoms with E-state index in [-0.39, 0.29) is 0 Å². The molecule has 110 valence electrons. The van der Waals surface area contributed by atoms with E-state index in [4.69, 9.17) is 0 Å². The molecule has 7 heteroatoms. The van der Waals surface area contributed by atoms with Crippen molar-refractivity contribution in [3.8, 4) is 0 Å². The van der Waals surface area contributed by atoms with Crippen LogP contribution in [0, 0.1) is 0 Å². The van der Waals surface area contributed by atoms with Crippen LogP contribution in [0.5, 0.6) is 0 Å². The maximum absolute atomic E-state index is 12.5. The van der Waals surface area contributed by atoms with Gasteiger partial charge in [-0.05, 0) is 24.3 Å². The van der Waals surface area contributed by atoms with Crippen LogP contribution in [0.2, 0.25) is 0 Å². The second-order valence-corrected chi connectivity index (χ2v) is 6.72. The molecule has 0 aliphatic carbocycles. The summed E-state index contributed by atoms with van der Waals surface area (Å²) in [7, 11) is -3.40. The van der Waals surface area contributed by atoms with E-state index >= 15 is 0 Å². The van der Waals surface area contributed by atoms with Gasteiger partial charge in [0.15, 0.2) is 5.82 Å². The van der Waals surface area contributed by atoms with Crippen molar-refractivity contribution in [1.29, 1.82) is 0 Å². The predicted molar refractivity (Wildman–Crippen MR) is 79.4 cm³/mol. The highest BCUT2D eigenvalue weighted by Gasteiger charge is 2.28. The number of rotatable bonds is 3. The zero-order valence-electron chi connectivity index (χ0n) is 11.5. The van der Waals surface area contributed by atoms with Crippen molar-refractivity contribution in [3.63, 3.8) is 0 Å². The van der Waals surface area contributed by atoms with E-state index in [1.54, 1.807) is 30.5 Å². The summed E-state index contributed by atoms with van der Waals surface area (Å²) in [5, 5.41) is 7.91. The first-order valence-corrected chi connectivity index (χ1v) is 8.20. The molecule has 1 aliphatic rings. The van der Waals surface area contributed by atoms with Gasteiger partial charge < -0.3 is 4.90 Å². The Kier molecular flexibility index (Phi) is 3.85. The molecule has 0 radical (unpaired) electrons. The number of benzene rings is 1. The van der Waals surface area contributed by atoms with E-state index in [1.807, 2.05) is 23.1 Å². The molecular formula is C14H16N4O2S. The smallest absolute Gasteiger partial charge is 0.243 e. The molecule has 0 bridgehead atoms. The molecule has 0 unspecified atom stereocenters. The molecule has 21 heavy (non-hydrogen) atoms. The van der Waals surface area contributed by atoms with Gasteiger partial charge in [-0.1, -0.05) is 18.2 Å². The molecular weight excluding hydrogens is 288 g/mol. The second kappa shape index (κ2) is 5.79. The number of hydrogen-bond acceptors (Lipinski definition) is 5. The minimum atomic E-state index is -3.40. The van der Waals surface area contributed by atoms with Gasteiger partial charge in [-0.3, -0.25) is 0 Å². The third-order valence-corrected chi connectivity index (χ3v) is 5.41. The maximum atomic E-state index is 12.5. The highest BCUT2D eigenvalue weighted by molar-refractivity contribution is 7.89. The minimum absolute atomic E-state index is 0.345. The van der Waals surface area contributed by atoms with Gasteiger partial charge >= 0.3 is 0 Å². The summed E-state index contributed by atoms with van der Waals surface area (Å²) in [6, 6.07) is 12.3. The van der Waals surface area contributed by atoms with Crippen LogP contribution in [0.15, 0.2) is 53.6 Å². The van der Waals surface area contributed by atoms with Gasteiger partial charge in [0.25, 0.3) is 0 Å². The van der Waals surface area contributed by atoms with E-state index in [2.05, 4.69) is 10.2 Å². The molecule has 1 aromatic carbocycles. The maximum Gasteiger partial charge on any atom is 0.243 e. The summed E-state index contributed by atoms with van der Waals surface area (Å²) in [6.07, 6.45) is 1.62. The monoisotopic (exact) mass is 304 g/mol. The van der Waals surface area contributed by atoms with Crippen LogP contribution < -0.4 is 4.90 Å². The van der Waals surface area contributed by atoms with E-state index in [0.717, 1.165) is 5.82 Å². The van der Waals surface area contributed by atoms with Crippen molar-refractivity contribution in [3.05, 3.63) is 48.7 Å². The minimum Gasteiger partial charge on any atom is -0.352 e. The summed E-state index contributed by atoms with van der Waals surface area (Å²) < 4.78 is 26.5. The molecule has 2 heterocycles. The van der Waals surface area contributed by atoms with E-state index in [0.29, 0.717) is 31.1 Å². The van der Waals surface area contributed by atoms with E-state index in [1.165, 1.54) is 4.31 Å². The highest BCUT2D eigenvalue weighted by Crippen LogP contribution is 2.19. The van der Waals surface area contributed by atoms with Gasteiger partial charge in [0, 0.05) is 32.4 Å². The van der Waals surface area contributed by atoms with Crippen molar-refractivity contribution in [2.75, 3.05) is 31.1 Å². The summed E-state index contributed by atoms with van der Waals surface area (Å²) in [5.41, 5.74) is 0. The first-order chi connectivity index (χ1) is 10.2. The molecule has 6 nitrogen and oxygen atoms in total. The SMILES string of the molecule is O=S(=O)(c1ccccc1)N1CCN(c2cccnn2)CC1. The summed E-state index contributed by atoms with van der Waals surface area (Å²) in [6.45, 7) is 2.14. The van der Waals surface area contributed by atoms with Crippen LogP contribution in [0.25, 0.3) is 0 Å². The Morgan fingerprint density at radius 1 is 0.905 bits per heavy atom. The summed E-state index contributed by atoms with van der Waals surface area (Å²) in [5.74, 6) is 0.786. The fraction of sp³-hybridized carbons (Fsp3) is 0.286. The Hall–Kier alpha value is -1.99. The van der Waals surface area contributed by atoms with Crippen LogP contribution in [-0.4, -0.2) is 49.1 Å². The van der Waals surface area contributed by atoms with Crippen molar-refractivity contribution < 1.29 is 8.42 Å². The van der Waals surface area contributed by atoms with Crippen molar-refractivity contribution >= 4 is 15.8 Å². The third-order valence-electron chi connectivity index (χ3n) is 3.50. The quantitative estimate of drug-likeness (QED) is 0.846. The van der Waals surface area contributed by atoms with Crippen LogP contribution in [0.4, 0.5) is 5.82 Å². The average Bonchev–Trinajstić information content (AvgIpc) is 2.57. The Morgan fingerprint density at radius 2 is 1.62 bits per heavy atom. The average molecular weight is 304 g/mol. The summed E-state index contributed by atoms with van der Waals surface area (Å²) in [4.78, 5) is 2.39. The molecule has 0 N–H and O–H groups in total. The molecule has 3 rings (SSSR count). The molecule has 1 aliphatic heterocycles. The lowest BCUT2D eigenvalue weighted by atomic mass is 10.3. The van der Waals surface area contributed by atoms with Crippen molar-refractivity contribution in [1.82, 2.24) is 14.5 Å². The molecule has 1 saturated heterocycles. The van der Waals surface area contributed by atoms with Crippen molar-refractivity contribution in [2.45, 2.75) is 4.90 Å². The topological polar surface area (TPSA) is 66.4 Å². The zero-order valence-corrected chi connectivity index (χ0v) is 12.3. The molecule has 1 fully saturated rings. The Balaban J connectivity index is 1.72. The highest BCUT2D eigenvalue weighted by atomic mass is 32.2. The van der Waals surface area contributed by atoms with Crippen molar-refractivity contribution in [2.24, 2.45) is 0 Å². The van der Waals surface area contributed by atoms with Gasteiger partial charge in [-0.25, -0.2) is 8.42 Å². The first kappa shape index (κ1) is 14.0. The van der Waals surface area contributed by atoms with Gasteiger partial charge in [-0.2, -0.15) is 9.40 Å². The number of hydrogen-bond donors (Lipinski definition) is 0. The Labute approximate surface area is 124 Å². The van der Waals surface area contributed by atoms with Crippen LogP contribution >= 0.6 is 0 Å². The molecule has 0 spiro atoms. The number of nitrogens with zero attached hydrogens (tertiary/aromatic N) is 4. The Morgan fingerprint density at radius 3 is 2.24 bits per heavy atom. The number of aromatic nitrogens is 2. The van der Waals surface area contributed by atoms with E-state index in [9.17, 15) is 8.42 Å². The number of piperazine rings is 1. The third kappa shape index (κ3) is 2.88. The molecule has 0 saturated carbocycles. The second-order valence-electron chi connectivity index (χ2n) is 4.79. The lowest BCUT2D eigenvalue weighted by molar-refractivity contribution is 0.383. The fourth-order valence-corrected chi connectivity index (χ4v) is 3.80. The first-order valence-electron chi connectivity index (χ1n) is 6.76. The van der Waals surface area contributed by atoms with Gasteiger partial charge in [-0.15, -0.1) is 5.10 Å². The lowest BCUT2D eigenvalue weighted by Crippen LogP contribution is -2.48. The summed E-state index contributed by atoms with van der Waals surface area (Å²) >= 11 is 0. The predicted octanol–water partition coefficient (Wildman–Crippen LogP) is 0.987. The van der Waals surface area contributed by atoms with Gasteiger partial charge in [0.1, 0.15) is 0 Å². The molecule has 0 atom stereocenters. The zero-order chi connectivity index (χ0) is 14.7. The largest absolute Gasteiger partial charge is 0.352 e. The van der Waals surface area contributed by atoms with Gasteiger partial charge in [0.2, 0.25) is 10.0 Å². The van der Waals surface area contributed by atoms with E-state index < -0.39 is 10.0 Å². The molecule has 0 amide bonds. The Bertz CT molecular complexity index is 683. The number of anilines is 1. The van der Waals surface area contributed by atoms with Crippen LogP contribution in [0.3, 0.4) is 0 Å². The van der Waals surface area contributed by atoms with Gasteiger partial charge in [0.05, 0.1) is 4.90 Å². The van der Waals surface area contributed by atoms with Crippen LogP contribution in [-0.2, 0) is 10.0 Å². The molecule has 1 aromatic heterocycles. The normalized spacial score (nSPS) is 16.9. The fourth-order valence-electron chi connectivity index (χ4n) is 2.36. The number of sulfonamides is 1. The molecule has 2 aromatic rings. The lowest BCUT2D eigenvalue weighted by Gasteiger charge is -2.34. The standard InChI is InChI=1S/C14H16N4O2S/c19-21(20,13-5-2-1-3-6-13)18-11-9-17(10-12-18)14-7-4-8-15-16-14/h1-8H,9-12H2.